The fraction of sp³-hybridized carbons (Fsp3) is 0.400. The van der Waals surface area contributed by atoms with E-state index in [0.717, 1.165) is 11.1 Å². The van der Waals surface area contributed by atoms with E-state index in [4.69, 9.17) is 4.74 Å². The monoisotopic (exact) mass is 166 g/mol. The van der Waals surface area contributed by atoms with Crippen LogP contribution >= 0.6 is 0 Å². The lowest BCUT2D eigenvalue weighted by molar-refractivity contribution is 0.0644. The van der Waals surface area contributed by atoms with E-state index in [2.05, 4.69) is 0 Å². The van der Waals surface area contributed by atoms with Crippen molar-refractivity contribution >= 4 is 0 Å². The van der Waals surface area contributed by atoms with Crippen molar-refractivity contribution in [2.75, 3.05) is 13.7 Å². The lowest BCUT2D eigenvalue weighted by Gasteiger charge is -2.09. The summed E-state index contributed by atoms with van der Waals surface area (Å²) >= 11 is 0. The average Bonchev–Trinajstić information content (AvgIpc) is 2.05. The van der Waals surface area contributed by atoms with Gasteiger partial charge in [0.1, 0.15) is 6.10 Å². The fourth-order valence-electron chi connectivity index (χ4n) is 1.13. The lowest BCUT2D eigenvalue weighted by Crippen LogP contribution is -2.04. The van der Waals surface area contributed by atoms with Gasteiger partial charge in [-0.1, -0.05) is 29.8 Å². The van der Waals surface area contributed by atoms with Crippen LogP contribution in [-0.4, -0.2) is 18.8 Å². The van der Waals surface area contributed by atoms with Crippen LogP contribution < -0.4 is 0 Å². The quantitative estimate of drug-likeness (QED) is 0.740. The Morgan fingerprint density at radius 2 is 2.25 bits per heavy atom. The van der Waals surface area contributed by atoms with E-state index in [1.165, 1.54) is 0 Å². The zero-order valence-electron chi connectivity index (χ0n) is 7.45. The number of rotatable bonds is 3. The average molecular weight is 166 g/mol. The molecule has 0 radical (unpaired) electrons. The molecule has 1 unspecified atom stereocenters. The highest BCUT2D eigenvalue weighted by atomic mass is 16.5. The van der Waals surface area contributed by atoms with Crippen molar-refractivity contribution in [3.8, 4) is 0 Å². The second kappa shape index (κ2) is 4.24. The summed E-state index contributed by atoms with van der Waals surface area (Å²) in [5, 5.41) is 9.52. The molecule has 1 atom stereocenters. The molecule has 1 rings (SSSR count). The maximum absolute atomic E-state index is 9.52. The smallest absolute Gasteiger partial charge is 0.102 e. The van der Waals surface area contributed by atoms with Gasteiger partial charge in [-0.15, -0.1) is 0 Å². The molecule has 0 spiro atoms. The molecule has 0 amide bonds. The molecule has 1 aromatic carbocycles. The lowest BCUT2D eigenvalue weighted by atomic mass is 10.1. The number of aliphatic hydroxyl groups is 1. The first kappa shape index (κ1) is 9.23. The molecule has 0 bridgehead atoms. The fourth-order valence-corrected chi connectivity index (χ4v) is 1.13. The molecule has 0 aliphatic rings. The third kappa shape index (κ3) is 2.32. The second-order valence-corrected chi connectivity index (χ2v) is 2.89. The van der Waals surface area contributed by atoms with Gasteiger partial charge in [-0.25, -0.2) is 0 Å². The standard InChI is InChI=1S/C10H14O2/c1-8-4-3-5-9(6-8)10(11)7-12-2/h3-6,10-11H,7H2,1-2H3. The van der Waals surface area contributed by atoms with Crippen molar-refractivity contribution in [3.05, 3.63) is 35.4 Å². The van der Waals surface area contributed by atoms with Crippen LogP contribution in [0.3, 0.4) is 0 Å². The summed E-state index contributed by atoms with van der Waals surface area (Å²) in [7, 11) is 1.58. The molecule has 1 N–H and O–H groups in total. The Hall–Kier alpha value is -0.860. The molecular weight excluding hydrogens is 152 g/mol. The van der Waals surface area contributed by atoms with E-state index >= 15 is 0 Å². The molecule has 1 aromatic rings. The van der Waals surface area contributed by atoms with Gasteiger partial charge >= 0.3 is 0 Å². The minimum Gasteiger partial charge on any atom is -0.386 e. The van der Waals surface area contributed by atoms with Gasteiger partial charge in [0.25, 0.3) is 0 Å². The number of benzene rings is 1. The van der Waals surface area contributed by atoms with Crippen molar-refractivity contribution in [1.82, 2.24) is 0 Å². The Balaban J connectivity index is 2.73. The Bertz CT molecular complexity index is 245. The highest BCUT2D eigenvalue weighted by Gasteiger charge is 2.05. The van der Waals surface area contributed by atoms with Crippen LogP contribution in [0.15, 0.2) is 24.3 Å². The maximum atomic E-state index is 9.52. The van der Waals surface area contributed by atoms with Gasteiger partial charge in [-0.05, 0) is 12.5 Å². The predicted octanol–water partition coefficient (Wildman–Crippen LogP) is 1.67. The molecule has 66 valence electrons. The van der Waals surface area contributed by atoms with Crippen LogP contribution in [0.4, 0.5) is 0 Å². The van der Waals surface area contributed by atoms with Crippen molar-refractivity contribution in [2.45, 2.75) is 13.0 Å². The predicted molar refractivity (Wildman–Crippen MR) is 48.0 cm³/mol. The van der Waals surface area contributed by atoms with E-state index in [0.29, 0.717) is 6.61 Å². The van der Waals surface area contributed by atoms with Crippen molar-refractivity contribution < 1.29 is 9.84 Å². The highest BCUT2D eigenvalue weighted by molar-refractivity contribution is 5.23. The molecule has 2 heteroatoms. The van der Waals surface area contributed by atoms with Crippen molar-refractivity contribution in [2.24, 2.45) is 0 Å². The maximum Gasteiger partial charge on any atom is 0.102 e. The molecule has 0 saturated heterocycles. The third-order valence-corrected chi connectivity index (χ3v) is 1.75. The molecule has 0 heterocycles. The van der Waals surface area contributed by atoms with E-state index < -0.39 is 6.10 Å². The van der Waals surface area contributed by atoms with E-state index in [-0.39, 0.29) is 0 Å². The van der Waals surface area contributed by atoms with Gasteiger partial charge < -0.3 is 9.84 Å². The van der Waals surface area contributed by atoms with Gasteiger partial charge in [0.15, 0.2) is 0 Å². The number of ether oxygens (including phenoxy) is 1. The molecule has 12 heavy (non-hydrogen) atoms. The van der Waals surface area contributed by atoms with Crippen LogP contribution in [0.1, 0.15) is 17.2 Å². The molecule has 0 aliphatic heterocycles. The molecule has 0 fully saturated rings. The third-order valence-electron chi connectivity index (χ3n) is 1.75. The zero-order valence-corrected chi connectivity index (χ0v) is 7.45. The van der Waals surface area contributed by atoms with Gasteiger partial charge in [0.2, 0.25) is 0 Å². The Kier molecular flexibility index (Phi) is 3.26. The number of hydrogen-bond acceptors (Lipinski definition) is 2. The van der Waals surface area contributed by atoms with Crippen molar-refractivity contribution in [1.29, 1.82) is 0 Å². The number of methoxy groups -OCH3 is 1. The second-order valence-electron chi connectivity index (χ2n) is 2.89. The van der Waals surface area contributed by atoms with Gasteiger partial charge in [0, 0.05) is 7.11 Å². The largest absolute Gasteiger partial charge is 0.386 e. The van der Waals surface area contributed by atoms with Crippen LogP contribution in [0.25, 0.3) is 0 Å². The van der Waals surface area contributed by atoms with Crippen LogP contribution in [0.2, 0.25) is 0 Å². The summed E-state index contributed by atoms with van der Waals surface area (Å²) in [6.45, 7) is 2.35. The summed E-state index contributed by atoms with van der Waals surface area (Å²) < 4.78 is 4.85. The van der Waals surface area contributed by atoms with Crippen LogP contribution in [0.5, 0.6) is 0 Å². The van der Waals surface area contributed by atoms with E-state index in [1.807, 2.05) is 31.2 Å². The summed E-state index contributed by atoms with van der Waals surface area (Å²) in [5.74, 6) is 0. The van der Waals surface area contributed by atoms with Gasteiger partial charge in [0.05, 0.1) is 6.61 Å². The molecule has 0 saturated carbocycles. The summed E-state index contributed by atoms with van der Waals surface area (Å²) in [4.78, 5) is 0. The minimum atomic E-state index is -0.505. The molecule has 2 nitrogen and oxygen atoms in total. The number of hydrogen-bond donors (Lipinski definition) is 1. The summed E-state index contributed by atoms with van der Waals surface area (Å²) in [5.41, 5.74) is 2.07. The van der Waals surface area contributed by atoms with Gasteiger partial charge in [-0.2, -0.15) is 0 Å². The Morgan fingerprint density at radius 1 is 1.50 bits per heavy atom. The first-order chi connectivity index (χ1) is 5.74. The van der Waals surface area contributed by atoms with Gasteiger partial charge in [-0.3, -0.25) is 0 Å². The SMILES string of the molecule is COCC(O)c1cccc(C)c1. The van der Waals surface area contributed by atoms with Crippen molar-refractivity contribution in [3.63, 3.8) is 0 Å². The first-order valence-corrected chi connectivity index (χ1v) is 3.97. The number of aryl methyl sites for hydroxylation is 1. The van der Waals surface area contributed by atoms with E-state index in [1.54, 1.807) is 7.11 Å². The minimum absolute atomic E-state index is 0.351. The first-order valence-electron chi connectivity index (χ1n) is 3.97. The highest BCUT2D eigenvalue weighted by Crippen LogP contribution is 2.13. The molecular formula is C10H14O2. The normalized spacial score (nSPS) is 12.9. The van der Waals surface area contributed by atoms with Crippen LogP contribution in [0, 0.1) is 6.92 Å². The summed E-state index contributed by atoms with van der Waals surface area (Å²) in [6.07, 6.45) is -0.505. The van der Waals surface area contributed by atoms with Crippen LogP contribution in [-0.2, 0) is 4.74 Å². The number of aliphatic hydroxyl groups excluding tert-OH is 1. The molecule has 0 aromatic heterocycles. The zero-order chi connectivity index (χ0) is 8.97. The summed E-state index contributed by atoms with van der Waals surface area (Å²) in [6, 6.07) is 7.80. The topological polar surface area (TPSA) is 29.5 Å². The Morgan fingerprint density at radius 3 is 2.83 bits per heavy atom. The molecule has 0 aliphatic carbocycles. The Labute approximate surface area is 72.8 Å². The van der Waals surface area contributed by atoms with E-state index in [9.17, 15) is 5.11 Å².